The van der Waals surface area contributed by atoms with Crippen LogP contribution in [-0.4, -0.2) is 19.5 Å². The molecule has 0 saturated heterocycles. The summed E-state index contributed by atoms with van der Waals surface area (Å²) in [7, 11) is 1.58. The molecule has 1 heterocycles. The van der Waals surface area contributed by atoms with Gasteiger partial charge >= 0.3 is 0 Å². The number of Topliss-reactive ketones (excluding diaryl/α,β-unsaturated/α-hetero) is 1. The van der Waals surface area contributed by atoms with E-state index in [-0.39, 0.29) is 5.78 Å². The molecule has 0 spiro atoms. The number of carbonyl (C=O) groups is 1. The summed E-state index contributed by atoms with van der Waals surface area (Å²) in [5, 5.41) is 0. The van der Waals surface area contributed by atoms with Crippen molar-refractivity contribution in [1.29, 1.82) is 0 Å². The average molecular weight is 285 g/mol. The van der Waals surface area contributed by atoms with Gasteiger partial charge in [-0.3, -0.25) is 4.79 Å². The van der Waals surface area contributed by atoms with Crippen molar-refractivity contribution in [2.45, 2.75) is 13.8 Å². The van der Waals surface area contributed by atoms with E-state index in [1.54, 1.807) is 19.2 Å². The molecule has 0 aromatic heterocycles. The Balaban J connectivity index is 2.56. The van der Waals surface area contributed by atoms with E-state index < -0.39 is 5.41 Å². The number of carbonyl (C=O) groups excluding carboxylic acids is 1. The first kappa shape index (κ1) is 11.5. The molecule has 4 heteroatoms. The van der Waals surface area contributed by atoms with Crippen molar-refractivity contribution < 1.29 is 14.3 Å². The molecular weight excluding hydrogens is 272 g/mol. The van der Waals surface area contributed by atoms with Crippen molar-refractivity contribution in [2.24, 2.45) is 5.41 Å². The van der Waals surface area contributed by atoms with E-state index >= 15 is 0 Å². The zero-order chi connectivity index (χ0) is 11.9. The summed E-state index contributed by atoms with van der Waals surface area (Å²) in [5.41, 5.74) is 0.127. The lowest BCUT2D eigenvalue weighted by Crippen LogP contribution is -2.35. The van der Waals surface area contributed by atoms with E-state index in [1.165, 1.54) is 0 Å². The highest BCUT2D eigenvalue weighted by atomic mass is 79.9. The summed E-state index contributed by atoms with van der Waals surface area (Å²) in [6, 6.07) is 3.50. The van der Waals surface area contributed by atoms with Crippen molar-refractivity contribution in [3.05, 3.63) is 22.2 Å². The molecule has 1 aliphatic heterocycles. The lowest BCUT2D eigenvalue weighted by molar-refractivity contribution is 0.0691. The fourth-order valence-corrected chi connectivity index (χ4v) is 2.16. The normalized spacial score (nSPS) is 17.6. The Morgan fingerprint density at radius 3 is 2.75 bits per heavy atom. The van der Waals surface area contributed by atoms with Crippen LogP contribution in [0, 0.1) is 5.41 Å². The molecule has 1 aromatic rings. The van der Waals surface area contributed by atoms with Crippen LogP contribution in [0.3, 0.4) is 0 Å². The third-order valence-electron chi connectivity index (χ3n) is 2.70. The van der Waals surface area contributed by atoms with Crippen molar-refractivity contribution in [2.75, 3.05) is 13.7 Å². The van der Waals surface area contributed by atoms with Gasteiger partial charge in [-0.2, -0.15) is 0 Å². The number of hydrogen-bond donors (Lipinski definition) is 0. The molecule has 0 aliphatic carbocycles. The lowest BCUT2D eigenvalue weighted by Gasteiger charge is -2.30. The van der Waals surface area contributed by atoms with Crippen LogP contribution in [0.5, 0.6) is 11.5 Å². The molecule has 0 amide bonds. The quantitative estimate of drug-likeness (QED) is 0.795. The van der Waals surface area contributed by atoms with Crippen LogP contribution in [0.2, 0.25) is 0 Å². The van der Waals surface area contributed by atoms with Gasteiger partial charge < -0.3 is 9.47 Å². The molecule has 0 radical (unpaired) electrons. The number of rotatable bonds is 1. The van der Waals surface area contributed by atoms with Crippen LogP contribution in [-0.2, 0) is 0 Å². The zero-order valence-corrected chi connectivity index (χ0v) is 11.1. The third kappa shape index (κ3) is 1.71. The molecule has 0 bridgehead atoms. The van der Waals surface area contributed by atoms with Crippen molar-refractivity contribution in [1.82, 2.24) is 0 Å². The maximum absolute atomic E-state index is 12.2. The molecule has 86 valence electrons. The molecular formula is C12H13BrO3. The number of halogens is 1. The van der Waals surface area contributed by atoms with Crippen LogP contribution in [0.25, 0.3) is 0 Å². The maximum Gasteiger partial charge on any atom is 0.175 e. The fraction of sp³-hybridized carbons (Fsp3) is 0.417. The summed E-state index contributed by atoms with van der Waals surface area (Å²) >= 11 is 3.37. The largest absolute Gasteiger partial charge is 0.496 e. The number of methoxy groups -OCH3 is 1. The van der Waals surface area contributed by atoms with E-state index in [4.69, 9.17) is 9.47 Å². The van der Waals surface area contributed by atoms with Crippen molar-refractivity contribution >= 4 is 21.7 Å². The van der Waals surface area contributed by atoms with Gasteiger partial charge in [-0.15, -0.1) is 0 Å². The molecule has 16 heavy (non-hydrogen) atoms. The van der Waals surface area contributed by atoms with Gasteiger partial charge in [0.2, 0.25) is 0 Å². The summed E-state index contributed by atoms with van der Waals surface area (Å²) in [6.45, 7) is 4.18. The predicted octanol–water partition coefficient (Wildman–Crippen LogP) is 3.06. The first-order valence-corrected chi connectivity index (χ1v) is 5.80. The minimum absolute atomic E-state index is 0.0968. The van der Waals surface area contributed by atoms with Crippen LogP contribution in [0.15, 0.2) is 16.6 Å². The van der Waals surface area contributed by atoms with Gasteiger partial charge in [0.1, 0.15) is 18.1 Å². The van der Waals surface area contributed by atoms with Gasteiger partial charge in [-0.05, 0) is 41.9 Å². The van der Waals surface area contributed by atoms with E-state index in [0.717, 1.165) is 4.47 Å². The second-order valence-electron chi connectivity index (χ2n) is 4.48. The lowest BCUT2D eigenvalue weighted by atomic mass is 9.83. The van der Waals surface area contributed by atoms with Gasteiger partial charge in [-0.1, -0.05) is 0 Å². The number of ether oxygens (including phenoxy) is 2. The van der Waals surface area contributed by atoms with E-state index in [9.17, 15) is 4.79 Å². The highest BCUT2D eigenvalue weighted by molar-refractivity contribution is 9.10. The van der Waals surface area contributed by atoms with Crippen LogP contribution >= 0.6 is 15.9 Å². The summed E-state index contributed by atoms with van der Waals surface area (Å²) in [4.78, 5) is 12.2. The number of fused-ring (bicyclic) bond motifs is 1. The molecule has 0 fully saturated rings. The molecule has 2 rings (SSSR count). The van der Waals surface area contributed by atoms with Crippen molar-refractivity contribution in [3.8, 4) is 11.5 Å². The number of ketones is 1. The van der Waals surface area contributed by atoms with E-state index in [0.29, 0.717) is 23.7 Å². The minimum atomic E-state index is -0.466. The Morgan fingerprint density at radius 2 is 2.12 bits per heavy atom. The van der Waals surface area contributed by atoms with Gasteiger partial charge in [0.15, 0.2) is 5.78 Å². The monoisotopic (exact) mass is 284 g/mol. The first-order chi connectivity index (χ1) is 7.45. The molecule has 3 nitrogen and oxygen atoms in total. The molecule has 0 N–H and O–H groups in total. The second kappa shape index (κ2) is 3.77. The molecule has 0 atom stereocenters. The predicted molar refractivity (Wildman–Crippen MR) is 64.3 cm³/mol. The Labute approximate surface area is 103 Å². The molecule has 0 saturated carbocycles. The Bertz CT molecular complexity index is 452. The number of hydrogen-bond acceptors (Lipinski definition) is 3. The highest BCUT2D eigenvalue weighted by Gasteiger charge is 2.36. The zero-order valence-electron chi connectivity index (χ0n) is 9.46. The molecule has 1 aliphatic rings. The molecule has 1 aromatic carbocycles. The first-order valence-electron chi connectivity index (χ1n) is 5.01. The van der Waals surface area contributed by atoms with Gasteiger partial charge in [0.25, 0.3) is 0 Å². The average Bonchev–Trinajstić information content (AvgIpc) is 2.24. The van der Waals surface area contributed by atoms with Crippen LogP contribution < -0.4 is 9.47 Å². The minimum Gasteiger partial charge on any atom is -0.496 e. The number of benzene rings is 1. The Hall–Kier alpha value is -1.03. The van der Waals surface area contributed by atoms with Gasteiger partial charge in [-0.25, -0.2) is 0 Å². The summed E-state index contributed by atoms with van der Waals surface area (Å²) < 4.78 is 11.5. The highest BCUT2D eigenvalue weighted by Crippen LogP contribution is 2.39. The second-order valence-corrected chi connectivity index (χ2v) is 5.34. The Kier molecular flexibility index (Phi) is 2.70. The standard InChI is InChI=1S/C12H13BrO3/c1-12(2)6-16-9-5-8(13)10(15-3)4-7(9)11(12)14/h4-5H,6H2,1-3H3. The summed E-state index contributed by atoms with van der Waals surface area (Å²) in [6.07, 6.45) is 0. The van der Waals surface area contributed by atoms with E-state index in [2.05, 4.69) is 15.9 Å². The van der Waals surface area contributed by atoms with E-state index in [1.807, 2.05) is 13.8 Å². The summed E-state index contributed by atoms with van der Waals surface area (Å²) in [5.74, 6) is 1.37. The molecule has 0 unspecified atom stereocenters. The third-order valence-corrected chi connectivity index (χ3v) is 3.32. The van der Waals surface area contributed by atoms with Crippen molar-refractivity contribution in [3.63, 3.8) is 0 Å². The van der Waals surface area contributed by atoms with Crippen LogP contribution in [0.4, 0.5) is 0 Å². The van der Waals surface area contributed by atoms with Gasteiger partial charge in [0, 0.05) is 0 Å². The fourth-order valence-electron chi connectivity index (χ4n) is 1.68. The van der Waals surface area contributed by atoms with Crippen LogP contribution in [0.1, 0.15) is 24.2 Å². The topological polar surface area (TPSA) is 35.5 Å². The SMILES string of the molecule is COc1cc2c(cc1Br)OCC(C)(C)C2=O. The maximum atomic E-state index is 12.2. The Morgan fingerprint density at radius 1 is 1.44 bits per heavy atom. The van der Waals surface area contributed by atoms with Gasteiger partial charge in [0.05, 0.1) is 22.6 Å². The smallest absolute Gasteiger partial charge is 0.175 e.